The SMILES string of the molecule is CN=C(NCC(C)(C)S(C)(=O)=O)N1CCC(OCCCOC)CC1. The van der Waals surface area contributed by atoms with Gasteiger partial charge in [-0.3, -0.25) is 4.99 Å². The number of piperidine rings is 1. The predicted molar refractivity (Wildman–Crippen MR) is 97.3 cm³/mol. The fourth-order valence-electron chi connectivity index (χ4n) is 2.44. The minimum atomic E-state index is -3.13. The summed E-state index contributed by atoms with van der Waals surface area (Å²) in [6.07, 6.45) is 4.36. The number of sulfone groups is 1. The van der Waals surface area contributed by atoms with Crippen molar-refractivity contribution in [1.29, 1.82) is 0 Å². The third-order valence-corrected chi connectivity index (χ3v) is 6.63. The number of nitrogens with zero attached hydrogens (tertiary/aromatic N) is 2. The average Bonchev–Trinajstić information content (AvgIpc) is 2.52. The number of nitrogens with one attached hydrogen (secondary N) is 1. The summed E-state index contributed by atoms with van der Waals surface area (Å²) in [5.74, 6) is 0.754. The first kappa shape index (κ1) is 21.2. The third-order valence-electron chi connectivity index (χ3n) is 4.48. The highest BCUT2D eigenvalue weighted by Gasteiger charge is 2.31. The van der Waals surface area contributed by atoms with Crippen LogP contribution in [-0.4, -0.2) is 83.4 Å². The van der Waals surface area contributed by atoms with Crippen LogP contribution in [0.5, 0.6) is 0 Å². The van der Waals surface area contributed by atoms with E-state index in [-0.39, 0.29) is 6.10 Å². The Morgan fingerprint density at radius 3 is 2.42 bits per heavy atom. The van der Waals surface area contributed by atoms with Gasteiger partial charge in [-0.1, -0.05) is 0 Å². The van der Waals surface area contributed by atoms with Crippen LogP contribution in [0.25, 0.3) is 0 Å². The van der Waals surface area contributed by atoms with Crippen molar-refractivity contribution in [3.63, 3.8) is 0 Å². The topological polar surface area (TPSA) is 80.2 Å². The molecule has 1 N–H and O–H groups in total. The first-order valence-corrected chi connectivity index (χ1v) is 10.4. The molecule has 1 aliphatic heterocycles. The highest BCUT2D eigenvalue weighted by molar-refractivity contribution is 7.92. The number of likely N-dealkylation sites (tertiary alicyclic amines) is 1. The molecule has 8 heteroatoms. The van der Waals surface area contributed by atoms with Gasteiger partial charge in [-0.25, -0.2) is 8.42 Å². The van der Waals surface area contributed by atoms with Crippen LogP contribution in [0.3, 0.4) is 0 Å². The van der Waals surface area contributed by atoms with E-state index in [1.807, 2.05) is 0 Å². The summed E-state index contributed by atoms with van der Waals surface area (Å²) in [6, 6.07) is 0. The molecule has 0 aromatic carbocycles. The summed E-state index contributed by atoms with van der Waals surface area (Å²) < 4.78 is 33.7. The van der Waals surface area contributed by atoms with Gasteiger partial charge in [0, 0.05) is 53.3 Å². The van der Waals surface area contributed by atoms with E-state index in [9.17, 15) is 8.42 Å². The molecule has 0 aromatic heterocycles. The summed E-state index contributed by atoms with van der Waals surface area (Å²) in [7, 11) is 0.295. The second-order valence-corrected chi connectivity index (χ2v) is 9.49. The highest BCUT2D eigenvalue weighted by Crippen LogP contribution is 2.16. The van der Waals surface area contributed by atoms with Crippen molar-refractivity contribution in [2.24, 2.45) is 4.99 Å². The number of hydrogen-bond donors (Lipinski definition) is 1. The molecule has 0 spiro atoms. The van der Waals surface area contributed by atoms with Crippen LogP contribution >= 0.6 is 0 Å². The van der Waals surface area contributed by atoms with E-state index in [4.69, 9.17) is 9.47 Å². The molecule has 7 nitrogen and oxygen atoms in total. The van der Waals surface area contributed by atoms with Crippen molar-refractivity contribution in [3.8, 4) is 0 Å². The first-order valence-electron chi connectivity index (χ1n) is 8.47. The molecule has 0 amide bonds. The van der Waals surface area contributed by atoms with Crippen LogP contribution in [-0.2, 0) is 19.3 Å². The smallest absolute Gasteiger partial charge is 0.193 e. The normalized spacial score (nSPS) is 18.0. The molecule has 0 aliphatic carbocycles. The third kappa shape index (κ3) is 6.57. The largest absolute Gasteiger partial charge is 0.385 e. The Kier molecular flexibility index (Phi) is 8.45. The molecule has 0 bridgehead atoms. The van der Waals surface area contributed by atoms with Crippen LogP contribution in [0.2, 0.25) is 0 Å². The highest BCUT2D eigenvalue weighted by atomic mass is 32.2. The number of hydrogen-bond acceptors (Lipinski definition) is 5. The quantitative estimate of drug-likeness (QED) is 0.392. The summed E-state index contributed by atoms with van der Waals surface area (Å²) in [5.41, 5.74) is 0. The lowest BCUT2D eigenvalue weighted by Gasteiger charge is -2.35. The lowest BCUT2D eigenvalue weighted by atomic mass is 10.1. The average molecular weight is 364 g/mol. The fraction of sp³-hybridized carbons (Fsp3) is 0.938. The summed E-state index contributed by atoms with van der Waals surface area (Å²) >= 11 is 0. The Labute approximate surface area is 146 Å². The van der Waals surface area contributed by atoms with Gasteiger partial charge in [-0.05, 0) is 33.1 Å². The predicted octanol–water partition coefficient (Wildman–Crippen LogP) is 0.903. The zero-order valence-corrected chi connectivity index (χ0v) is 16.5. The maximum atomic E-state index is 11.8. The van der Waals surface area contributed by atoms with Gasteiger partial charge < -0.3 is 19.7 Å². The zero-order chi connectivity index (χ0) is 18.2. The number of methoxy groups -OCH3 is 1. The molecule has 142 valence electrons. The maximum Gasteiger partial charge on any atom is 0.193 e. The van der Waals surface area contributed by atoms with Crippen molar-refractivity contribution in [2.45, 2.75) is 44.0 Å². The second-order valence-electron chi connectivity index (χ2n) is 6.84. The number of rotatable bonds is 8. The fourth-order valence-corrected chi connectivity index (χ4v) is 2.78. The number of guanidine groups is 1. The van der Waals surface area contributed by atoms with Gasteiger partial charge >= 0.3 is 0 Å². The number of aliphatic imine (C=N–C) groups is 1. The van der Waals surface area contributed by atoms with Crippen LogP contribution in [0.1, 0.15) is 33.1 Å². The van der Waals surface area contributed by atoms with Crippen molar-refractivity contribution >= 4 is 15.8 Å². The molecular formula is C16H33N3O4S. The van der Waals surface area contributed by atoms with E-state index in [0.29, 0.717) is 6.54 Å². The molecule has 1 saturated heterocycles. The number of ether oxygens (including phenoxy) is 2. The van der Waals surface area contributed by atoms with E-state index in [1.165, 1.54) is 6.26 Å². The minimum Gasteiger partial charge on any atom is -0.385 e. The molecule has 1 rings (SSSR count). The van der Waals surface area contributed by atoms with E-state index < -0.39 is 14.6 Å². The van der Waals surface area contributed by atoms with Crippen molar-refractivity contribution in [3.05, 3.63) is 0 Å². The molecular weight excluding hydrogens is 330 g/mol. The van der Waals surface area contributed by atoms with Crippen LogP contribution < -0.4 is 5.32 Å². The molecule has 1 heterocycles. The van der Waals surface area contributed by atoms with Crippen molar-refractivity contribution in [1.82, 2.24) is 10.2 Å². The van der Waals surface area contributed by atoms with E-state index in [1.54, 1.807) is 28.0 Å². The Hall–Kier alpha value is -0.860. The molecule has 1 fully saturated rings. The Bertz CT molecular complexity index is 497. The molecule has 0 radical (unpaired) electrons. The van der Waals surface area contributed by atoms with E-state index >= 15 is 0 Å². The maximum absolute atomic E-state index is 11.8. The van der Waals surface area contributed by atoms with E-state index in [0.717, 1.165) is 51.5 Å². The standard InChI is InChI=1S/C16H33N3O4S/c1-16(2,24(5,20)21)13-18-15(17-3)19-9-7-14(8-10-19)23-12-6-11-22-4/h14H,6-13H2,1-5H3,(H,17,18). The van der Waals surface area contributed by atoms with Crippen LogP contribution in [0.15, 0.2) is 4.99 Å². The van der Waals surface area contributed by atoms with Crippen molar-refractivity contribution < 1.29 is 17.9 Å². The van der Waals surface area contributed by atoms with Gasteiger partial charge in [0.1, 0.15) is 0 Å². The van der Waals surface area contributed by atoms with Gasteiger partial charge in [0.2, 0.25) is 0 Å². The summed E-state index contributed by atoms with van der Waals surface area (Å²) in [4.78, 5) is 6.45. The Morgan fingerprint density at radius 1 is 1.29 bits per heavy atom. The van der Waals surface area contributed by atoms with Crippen LogP contribution in [0, 0.1) is 0 Å². The summed E-state index contributed by atoms with van der Waals surface area (Å²) in [5, 5.41) is 3.20. The second kappa shape index (κ2) is 9.58. The monoisotopic (exact) mass is 363 g/mol. The Balaban J connectivity index is 2.41. The van der Waals surface area contributed by atoms with Gasteiger partial charge in [0.25, 0.3) is 0 Å². The zero-order valence-electron chi connectivity index (χ0n) is 15.7. The van der Waals surface area contributed by atoms with Crippen LogP contribution in [0.4, 0.5) is 0 Å². The lowest BCUT2D eigenvalue weighted by Crippen LogP contribution is -2.51. The van der Waals surface area contributed by atoms with E-state index in [2.05, 4.69) is 15.2 Å². The molecule has 0 unspecified atom stereocenters. The minimum absolute atomic E-state index is 0.281. The van der Waals surface area contributed by atoms with Gasteiger partial charge in [-0.2, -0.15) is 0 Å². The lowest BCUT2D eigenvalue weighted by molar-refractivity contribution is 0.00990. The molecule has 0 saturated carbocycles. The Morgan fingerprint density at radius 2 is 1.92 bits per heavy atom. The molecule has 0 atom stereocenters. The van der Waals surface area contributed by atoms with Gasteiger partial charge in [0.05, 0.1) is 10.9 Å². The molecule has 24 heavy (non-hydrogen) atoms. The van der Waals surface area contributed by atoms with Gasteiger partial charge in [-0.15, -0.1) is 0 Å². The molecule has 0 aromatic rings. The van der Waals surface area contributed by atoms with Gasteiger partial charge in [0.15, 0.2) is 15.8 Å². The first-order chi connectivity index (χ1) is 11.2. The van der Waals surface area contributed by atoms with Crippen molar-refractivity contribution in [2.75, 3.05) is 53.3 Å². The summed E-state index contributed by atoms with van der Waals surface area (Å²) in [6.45, 7) is 6.96. The molecule has 1 aliphatic rings.